The minimum Gasteiger partial charge on any atom is -0.322 e. The number of hydrogen-bond donors (Lipinski definition) is 1. The normalized spacial score (nSPS) is 25.1. The first kappa shape index (κ1) is 13.0. The first-order valence-electron chi connectivity index (χ1n) is 6.18. The molecule has 1 saturated heterocycles. The van der Waals surface area contributed by atoms with Crippen molar-refractivity contribution in [3.05, 3.63) is 16.1 Å². The Kier molecular flexibility index (Phi) is 4.14. The smallest absolute Gasteiger partial charge is 0.109 e. The van der Waals surface area contributed by atoms with Crippen molar-refractivity contribution < 1.29 is 0 Å². The monoisotopic (exact) mass is 254 g/mol. The number of likely N-dealkylation sites (N-methyl/N-ethyl adjacent to an activating group) is 1. The average molecular weight is 254 g/mol. The second kappa shape index (κ2) is 5.44. The highest BCUT2D eigenvalue weighted by Crippen LogP contribution is 2.18. The molecule has 0 aliphatic carbocycles. The largest absolute Gasteiger partial charge is 0.322 e. The van der Waals surface area contributed by atoms with E-state index in [1.807, 2.05) is 6.92 Å². The summed E-state index contributed by atoms with van der Waals surface area (Å²) in [4.78, 5) is 9.47. The quantitative estimate of drug-likeness (QED) is 0.883. The summed E-state index contributed by atoms with van der Waals surface area (Å²) in [5.74, 6) is 0. The summed E-state index contributed by atoms with van der Waals surface area (Å²) in [5, 5.41) is 3.18. The second-order valence-corrected chi connectivity index (χ2v) is 5.92. The lowest BCUT2D eigenvalue weighted by Crippen LogP contribution is -2.49. The molecular formula is C12H22N4S. The molecule has 1 aliphatic heterocycles. The predicted molar refractivity (Wildman–Crippen MR) is 72.1 cm³/mol. The molecule has 2 unspecified atom stereocenters. The minimum absolute atomic E-state index is 0.0557. The number of rotatable bonds is 3. The van der Waals surface area contributed by atoms with Crippen molar-refractivity contribution >= 4 is 11.3 Å². The molecule has 2 rings (SSSR count). The van der Waals surface area contributed by atoms with Crippen molar-refractivity contribution in [2.75, 3.05) is 26.7 Å². The highest BCUT2D eigenvalue weighted by Gasteiger charge is 2.21. The maximum absolute atomic E-state index is 5.83. The van der Waals surface area contributed by atoms with Gasteiger partial charge in [-0.1, -0.05) is 0 Å². The van der Waals surface area contributed by atoms with Crippen molar-refractivity contribution in [1.29, 1.82) is 0 Å². The highest BCUT2D eigenvalue weighted by molar-refractivity contribution is 7.09. The fourth-order valence-electron chi connectivity index (χ4n) is 2.10. The number of aromatic nitrogens is 1. The van der Waals surface area contributed by atoms with Crippen LogP contribution in [0.1, 0.15) is 30.6 Å². The van der Waals surface area contributed by atoms with Crippen LogP contribution in [-0.2, 0) is 6.54 Å². The van der Waals surface area contributed by atoms with Crippen molar-refractivity contribution in [1.82, 2.24) is 14.8 Å². The summed E-state index contributed by atoms with van der Waals surface area (Å²) < 4.78 is 0. The molecule has 0 radical (unpaired) electrons. The van der Waals surface area contributed by atoms with Gasteiger partial charge in [0, 0.05) is 37.6 Å². The molecule has 1 aliphatic rings. The number of piperazine rings is 1. The van der Waals surface area contributed by atoms with Crippen LogP contribution in [0.3, 0.4) is 0 Å². The third-order valence-electron chi connectivity index (χ3n) is 3.39. The zero-order valence-electron chi connectivity index (χ0n) is 10.9. The zero-order valence-corrected chi connectivity index (χ0v) is 11.7. The lowest BCUT2D eigenvalue weighted by molar-refractivity contribution is 0.0991. The van der Waals surface area contributed by atoms with E-state index in [4.69, 9.17) is 5.73 Å². The number of thiazole rings is 1. The zero-order chi connectivity index (χ0) is 12.4. The molecule has 1 aromatic heterocycles. The van der Waals surface area contributed by atoms with Crippen LogP contribution in [-0.4, -0.2) is 47.5 Å². The first-order valence-corrected chi connectivity index (χ1v) is 7.06. The van der Waals surface area contributed by atoms with Crippen LogP contribution in [0.2, 0.25) is 0 Å². The third kappa shape index (κ3) is 3.25. The fraction of sp³-hybridized carbons (Fsp3) is 0.750. The van der Waals surface area contributed by atoms with Crippen LogP contribution in [0.5, 0.6) is 0 Å². The maximum atomic E-state index is 5.83. The van der Waals surface area contributed by atoms with Gasteiger partial charge in [-0.05, 0) is 20.9 Å². The molecule has 0 saturated carbocycles. The van der Waals surface area contributed by atoms with Crippen molar-refractivity contribution in [3.63, 3.8) is 0 Å². The molecule has 4 nitrogen and oxygen atoms in total. The Bertz CT molecular complexity index is 363. The number of hydrogen-bond acceptors (Lipinski definition) is 5. The highest BCUT2D eigenvalue weighted by atomic mass is 32.1. The predicted octanol–water partition coefficient (Wildman–Crippen LogP) is 1.30. The van der Waals surface area contributed by atoms with E-state index in [0.717, 1.165) is 31.2 Å². The molecular weight excluding hydrogens is 232 g/mol. The van der Waals surface area contributed by atoms with Gasteiger partial charge in [0.25, 0.3) is 0 Å². The van der Waals surface area contributed by atoms with Crippen LogP contribution in [0, 0.1) is 0 Å². The van der Waals surface area contributed by atoms with Gasteiger partial charge in [0.1, 0.15) is 5.01 Å². The van der Waals surface area contributed by atoms with E-state index < -0.39 is 0 Å². The van der Waals surface area contributed by atoms with Gasteiger partial charge in [-0.15, -0.1) is 11.3 Å². The van der Waals surface area contributed by atoms with Crippen LogP contribution >= 0.6 is 11.3 Å². The Hall–Kier alpha value is -0.490. The van der Waals surface area contributed by atoms with Crippen LogP contribution in [0.4, 0.5) is 0 Å². The van der Waals surface area contributed by atoms with Gasteiger partial charge < -0.3 is 10.6 Å². The van der Waals surface area contributed by atoms with Crippen molar-refractivity contribution in [2.24, 2.45) is 5.73 Å². The molecule has 2 N–H and O–H groups in total. The second-order valence-electron chi connectivity index (χ2n) is 5.03. The molecule has 0 amide bonds. The molecule has 2 heterocycles. The molecule has 0 bridgehead atoms. The fourth-order valence-corrected chi connectivity index (χ4v) is 2.87. The average Bonchev–Trinajstić information content (AvgIpc) is 2.72. The van der Waals surface area contributed by atoms with Crippen LogP contribution in [0.25, 0.3) is 0 Å². The minimum atomic E-state index is 0.0557. The van der Waals surface area contributed by atoms with Gasteiger partial charge in [0.2, 0.25) is 0 Å². The first-order chi connectivity index (χ1) is 8.06. The molecule has 5 heteroatoms. The van der Waals surface area contributed by atoms with Gasteiger partial charge in [0.15, 0.2) is 0 Å². The summed E-state index contributed by atoms with van der Waals surface area (Å²) >= 11 is 1.67. The number of nitrogens with zero attached hydrogens (tertiary/aromatic N) is 3. The molecule has 96 valence electrons. The van der Waals surface area contributed by atoms with E-state index in [2.05, 4.69) is 34.1 Å². The summed E-state index contributed by atoms with van der Waals surface area (Å²) in [6.45, 7) is 8.63. The Balaban J connectivity index is 1.92. The van der Waals surface area contributed by atoms with Crippen molar-refractivity contribution in [2.45, 2.75) is 32.5 Å². The van der Waals surface area contributed by atoms with Gasteiger partial charge in [0.05, 0.1) is 11.7 Å². The van der Waals surface area contributed by atoms with E-state index in [0.29, 0.717) is 6.04 Å². The van der Waals surface area contributed by atoms with Gasteiger partial charge in [-0.25, -0.2) is 4.98 Å². The Labute approximate surface area is 107 Å². The molecule has 1 aromatic rings. The van der Waals surface area contributed by atoms with E-state index in [-0.39, 0.29) is 6.04 Å². The van der Waals surface area contributed by atoms with Crippen molar-refractivity contribution in [3.8, 4) is 0 Å². The van der Waals surface area contributed by atoms with E-state index in [1.165, 1.54) is 5.69 Å². The molecule has 1 fully saturated rings. The lowest BCUT2D eigenvalue weighted by atomic mass is 10.2. The molecule has 17 heavy (non-hydrogen) atoms. The third-order valence-corrected chi connectivity index (χ3v) is 4.48. The van der Waals surface area contributed by atoms with Gasteiger partial charge in [-0.3, -0.25) is 4.90 Å². The van der Waals surface area contributed by atoms with E-state index in [9.17, 15) is 0 Å². The molecule has 0 aromatic carbocycles. The van der Waals surface area contributed by atoms with Gasteiger partial charge in [-0.2, -0.15) is 0 Å². The Morgan fingerprint density at radius 2 is 2.35 bits per heavy atom. The van der Waals surface area contributed by atoms with Crippen LogP contribution in [0.15, 0.2) is 5.38 Å². The topological polar surface area (TPSA) is 45.4 Å². The van der Waals surface area contributed by atoms with Crippen LogP contribution < -0.4 is 5.73 Å². The molecule has 0 spiro atoms. The van der Waals surface area contributed by atoms with E-state index >= 15 is 0 Å². The van der Waals surface area contributed by atoms with Gasteiger partial charge >= 0.3 is 0 Å². The Morgan fingerprint density at radius 1 is 1.59 bits per heavy atom. The Morgan fingerprint density at radius 3 is 2.94 bits per heavy atom. The summed E-state index contributed by atoms with van der Waals surface area (Å²) in [7, 11) is 2.19. The lowest BCUT2D eigenvalue weighted by Gasteiger charge is -2.37. The molecule has 2 atom stereocenters. The summed E-state index contributed by atoms with van der Waals surface area (Å²) in [6, 6.07) is 0.690. The number of nitrogens with two attached hydrogens (primary N) is 1. The summed E-state index contributed by atoms with van der Waals surface area (Å²) in [5.41, 5.74) is 6.99. The standard InChI is InChI=1S/C12H22N4S/c1-9-6-16(5-4-15(9)3)7-11-8-17-12(14-11)10(2)13/h8-10H,4-7,13H2,1-3H3. The summed E-state index contributed by atoms with van der Waals surface area (Å²) in [6.07, 6.45) is 0. The van der Waals surface area contributed by atoms with E-state index in [1.54, 1.807) is 11.3 Å². The SMILES string of the molecule is CC(N)c1nc(CN2CCN(C)C(C)C2)cs1. The maximum Gasteiger partial charge on any atom is 0.109 e.